The number of hydrogen-bond acceptors (Lipinski definition) is 5. The average Bonchev–Trinajstić information content (AvgIpc) is 3.29. The number of nitrogens with zero attached hydrogens (tertiary/aromatic N) is 2. The number of halogens is 1. The molecule has 1 fully saturated rings. The van der Waals surface area contributed by atoms with E-state index in [1.807, 2.05) is 49.4 Å². The molecule has 1 unspecified atom stereocenters. The number of amides is 2. The van der Waals surface area contributed by atoms with E-state index >= 15 is 0 Å². The molecule has 0 saturated carbocycles. The minimum atomic E-state index is -0.350. The fourth-order valence-electron chi connectivity index (χ4n) is 5.26. The zero-order chi connectivity index (χ0) is 25.8. The SMILES string of the molecule is CCOC(=O)N1CCc2c([nH]c3ccc(Cl)cc23)C1c1ccc(C(=O)NCCCN2CCOCC2)cc1. The molecule has 1 saturated heterocycles. The highest BCUT2D eigenvalue weighted by molar-refractivity contribution is 6.31. The number of nitrogens with one attached hydrogen (secondary N) is 2. The van der Waals surface area contributed by atoms with Gasteiger partial charge in [-0.05, 0) is 67.8 Å². The number of hydrogen-bond donors (Lipinski definition) is 2. The molecule has 8 nitrogen and oxygen atoms in total. The summed E-state index contributed by atoms with van der Waals surface area (Å²) in [6.07, 6.45) is 1.25. The van der Waals surface area contributed by atoms with E-state index in [0.717, 1.165) is 67.0 Å². The number of ether oxygens (including phenoxy) is 2. The van der Waals surface area contributed by atoms with Gasteiger partial charge >= 0.3 is 6.09 Å². The van der Waals surface area contributed by atoms with Gasteiger partial charge in [0.25, 0.3) is 5.91 Å². The number of fused-ring (bicyclic) bond motifs is 3. The molecule has 1 atom stereocenters. The lowest BCUT2D eigenvalue weighted by Crippen LogP contribution is -2.41. The second-order valence-corrected chi connectivity index (χ2v) is 9.87. The second kappa shape index (κ2) is 11.5. The van der Waals surface area contributed by atoms with E-state index in [9.17, 15) is 9.59 Å². The zero-order valence-electron chi connectivity index (χ0n) is 21.1. The summed E-state index contributed by atoms with van der Waals surface area (Å²) in [5, 5.41) is 4.77. The van der Waals surface area contributed by atoms with Gasteiger partial charge in [-0.25, -0.2) is 4.79 Å². The number of rotatable bonds is 7. The number of carbonyl (C=O) groups is 2. The van der Waals surface area contributed by atoms with Crippen LogP contribution in [0.25, 0.3) is 10.9 Å². The predicted molar refractivity (Wildman–Crippen MR) is 143 cm³/mol. The topological polar surface area (TPSA) is 86.9 Å². The van der Waals surface area contributed by atoms with Crippen molar-refractivity contribution in [3.05, 3.63) is 69.9 Å². The van der Waals surface area contributed by atoms with Crippen LogP contribution in [0.4, 0.5) is 4.79 Å². The molecule has 0 radical (unpaired) electrons. The van der Waals surface area contributed by atoms with E-state index in [0.29, 0.717) is 36.7 Å². The molecule has 2 aromatic carbocycles. The zero-order valence-corrected chi connectivity index (χ0v) is 21.9. The van der Waals surface area contributed by atoms with Gasteiger partial charge in [0.1, 0.15) is 6.04 Å². The van der Waals surface area contributed by atoms with E-state index in [1.165, 1.54) is 0 Å². The summed E-state index contributed by atoms with van der Waals surface area (Å²) in [6, 6.07) is 12.9. The fraction of sp³-hybridized carbons (Fsp3) is 0.429. The Morgan fingerprint density at radius 3 is 2.68 bits per heavy atom. The summed E-state index contributed by atoms with van der Waals surface area (Å²) >= 11 is 6.28. The first-order chi connectivity index (χ1) is 18.0. The molecular weight excluding hydrogens is 492 g/mol. The van der Waals surface area contributed by atoms with Crippen molar-refractivity contribution >= 4 is 34.5 Å². The summed E-state index contributed by atoms with van der Waals surface area (Å²) in [6.45, 7) is 7.67. The summed E-state index contributed by atoms with van der Waals surface area (Å²) in [4.78, 5) is 33.3. The maximum absolute atomic E-state index is 12.9. The van der Waals surface area contributed by atoms with Crippen LogP contribution in [0.15, 0.2) is 42.5 Å². The molecule has 0 aliphatic carbocycles. The highest BCUT2D eigenvalue weighted by Gasteiger charge is 2.35. The van der Waals surface area contributed by atoms with Gasteiger partial charge in [0, 0.05) is 53.4 Å². The van der Waals surface area contributed by atoms with Gasteiger partial charge in [-0.15, -0.1) is 0 Å². The van der Waals surface area contributed by atoms with Crippen molar-refractivity contribution < 1.29 is 19.1 Å². The van der Waals surface area contributed by atoms with Gasteiger partial charge < -0.3 is 19.8 Å². The molecule has 2 amide bonds. The lowest BCUT2D eigenvalue weighted by molar-refractivity contribution is 0.0374. The summed E-state index contributed by atoms with van der Waals surface area (Å²) in [7, 11) is 0. The third-order valence-electron chi connectivity index (χ3n) is 7.12. The standard InChI is InChI=1S/C28H33ClN4O4/c1-2-37-28(35)33-13-10-22-23-18-21(29)8-9-24(23)31-25(22)26(33)19-4-6-20(7-5-19)27(34)30-11-3-12-32-14-16-36-17-15-32/h4-9,18,26,31H,2-3,10-17H2,1H3,(H,30,34). The van der Waals surface area contributed by atoms with Crippen LogP contribution in [0.3, 0.4) is 0 Å². The van der Waals surface area contributed by atoms with Gasteiger partial charge in [-0.1, -0.05) is 23.7 Å². The Balaban J connectivity index is 1.32. The van der Waals surface area contributed by atoms with E-state index in [2.05, 4.69) is 15.2 Å². The van der Waals surface area contributed by atoms with Crippen LogP contribution in [0.2, 0.25) is 5.02 Å². The summed E-state index contributed by atoms with van der Waals surface area (Å²) in [5.74, 6) is -0.0969. The van der Waals surface area contributed by atoms with E-state index in [1.54, 1.807) is 4.90 Å². The highest BCUT2D eigenvalue weighted by Crippen LogP contribution is 2.39. The Hall–Kier alpha value is -3.07. The number of H-pyrrole nitrogens is 1. The minimum Gasteiger partial charge on any atom is -0.450 e. The molecule has 196 valence electrons. The average molecular weight is 525 g/mol. The predicted octanol–water partition coefficient (Wildman–Crippen LogP) is 4.38. The van der Waals surface area contributed by atoms with Crippen molar-refractivity contribution in [2.45, 2.75) is 25.8 Å². The Morgan fingerprint density at radius 1 is 1.14 bits per heavy atom. The normalized spacial score (nSPS) is 18.0. The van der Waals surface area contributed by atoms with Crippen molar-refractivity contribution in [1.29, 1.82) is 0 Å². The van der Waals surface area contributed by atoms with Crippen LogP contribution >= 0.6 is 11.6 Å². The molecule has 2 N–H and O–H groups in total. The summed E-state index contributed by atoms with van der Waals surface area (Å²) < 4.78 is 10.8. The molecule has 3 aromatic rings. The quantitative estimate of drug-likeness (QED) is 0.448. The van der Waals surface area contributed by atoms with Gasteiger partial charge in [0.2, 0.25) is 0 Å². The summed E-state index contributed by atoms with van der Waals surface area (Å²) in [5.41, 5.74) is 4.60. The minimum absolute atomic E-state index is 0.0969. The molecular formula is C28H33ClN4O4. The van der Waals surface area contributed by atoms with Crippen molar-refractivity contribution in [2.75, 3.05) is 52.5 Å². The Kier molecular flexibility index (Phi) is 7.98. The van der Waals surface area contributed by atoms with Crippen molar-refractivity contribution in [3.63, 3.8) is 0 Å². The number of benzene rings is 2. The van der Waals surface area contributed by atoms with Crippen LogP contribution in [-0.4, -0.2) is 79.3 Å². The van der Waals surface area contributed by atoms with Crippen LogP contribution in [0.1, 0.15) is 46.6 Å². The van der Waals surface area contributed by atoms with Gasteiger partial charge in [-0.2, -0.15) is 0 Å². The number of carbonyl (C=O) groups excluding carboxylic acids is 2. The molecule has 2 aliphatic heterocycles. The largest absolute Gasteiger partial charge is 0.450 e. The molecule has 2 aliphatic rings. The van der Waals surface area contributed by atoms with Crippen LogP contribution in [-0.2, 0) is 15.9 Å². The molecule has 37 heavy (non-hydrogen) atoms. The first kappa shape index (κ1) is 25.6. The smallest absolute Gasteiger partial charge is 0.410 e. The Morgan fingerprint density at radius 2 is 1.92 bits per heavy atom. The molecule has 3 heterocycles. The number of aromatic amines is 1. The van der Waals surface area contributed by atoms with Crippen molar-refractivity contribution in [1.82, 2.24) is 20.1 Å². The molecule has 5 rings (SSSR count). The van der Waals surface area contributed by atoms with Crippen LogP contribution in [0, 0.1) is 0 Å². The maximum Gasteiger partial charge on any atom is 0.410 e. The highest BCUT2D eigenvalue weighted by atomic mass is 35.5. The lowest BCUT2D eigenvalue weighted by atomic mass is 9.92. The molecule has 0 bridgehead atoms. The monoisotopic (exact) mass is 524 g/mol. The lowest BCUT2D eigenvalue weighted by Gasteiger charge is -2.35. The van der Waals surface area contributed by atoms with E-state index in [4.69, 9.17) is 21.1 Å². The first-order valence-electron chi connectivity index (χ1n) is 13.0. The third kappa shape index (κ3) is 5.61. The Labute approximate surface area is 221 Å². The number of aromatic nitrogens is 1. The second-order valence-electron chi connectivity index (χ2n) is 9.44. The Bertz CT molecular complexity index is 1250. The third-order valence-corrected chi connectivity index (χ3v) is 7.36. The van der Waals surface area contributed by atoms with Crippen molar-refractivity contribution in [2.24, 2.45) is 0 Å². The van der Waals surface area contributed by atoms with Gasteiger partial charge in [-0.3, -0.25) is 14.6 Å². The van der Waals surface area contributed by atoms with E-state index < -0.39 is 0 Å². The maximum atomic E-state index is 12.9. The molecule has 1 aromatic heterocycles. The first-order valence-corrected chi connectivity index (χ1v) is 13.3. The van der Waals surface area contributed by atoms with Gasteiger partial charge in [0.05, 0.1) is 19.8 Å². The van der Waals surface area contributed by atoms with Crippen LogP contribution < -0.4 is 5.32 Å². The van der Waals surface area contributed by atoms with Crippen molar-refractivity contribution in [3.8, 4) is 0 Å². The molecule has 0 spiro atoms. The van der Waals surface area contributed by atoms with Crippen LogP contribution in [0.5, 0.6) is 0 Å². The molecule has 9 heteroatoms. The van der Waals surface area contributed by atoms with E-state index in [-0.39, 0.29) is 18.0 Å². The number of morpholine rings is 1. The van der Waals surface area contributed by atoms with Gasteiger partial charge in [0.15, 0.2) is 0 Å². The fourth-order valence-corrected chi connectivity index (χ4v) is 5.43.